The Balaban J connectivity index is 2.15. The summed E-state index contributed by atoms with van der Waals surface area (Å²) in [5.41, 5.74) is 0. The van der Waals surface area contributed by atoms with Crippen molar-refractivity contribution in [1.29, 1.82) is 0 Å². The third-order valence-corrected chi connectivity index (χ3v) is 3.65. The van der Waals surface area contributed by atoms with Crippen LogP contribution in [0.3, 0.4) is 0 Å². The molecule has 5 nitrogen and oxygen atoms in total. The average Bonchev–Trinajstić information content (AvgIpc) is 2.81. The lowest BCUT2D eigenvalue weighted by molar-refractivity contribution is -0.144. The van der Waals surface area contributed by atoms with E-state index in [9.17, 15) is 18.0 Å². The zero-order valence-electron chi connectivity index (χ0n) is 9.31. The summed E-state index contributed by atoms with van der Waals surface area (Å²) < 4.78 is 40.3. The molecule has 1 saturated heterocycles. The van der Waals surface area contributed by atoms with Crippen LogP contribution in [0.4, 0.5) is 18.3 Å². The molecule has 0 aromatic carbocycles. The van der Waals surface area contributed by atoms with E-state index in [1.165, 1.54) is 4.90 Å². The van der Waals surface area contributed by atoms with Crippen LogP contribution in [-0.4, -0.2) is 33.5 Å². The molecule has 0 radical (unpaired) electrons. The Labute approximate surface area is 104 Å². The predicted octanol–water partition coefficient (Wildman–Crippen LogP) is 1.71. The van der Waals surface area contributed by atoms with Gasteiger partial charge in [0, 0.05) is 24.6 Å². The van der Waals surface area contributed by atoms with Gasteiger partial charge in [-0.3, -0.25) is 4.79 Å². The first-order valence-corrected chi connectivity index (χ1v) is 5.95. The van der Waals surface area contributed by atoms with Gasteiger partial charge in [-0.05, 0) is 5.92 Å². The van der Waals surface area contributed by atoms with E-state index in [0.29, 0.717) is 18.1 Å². The number of hydrogen-bond acceptors (Lipinski definition) is 5. The molecular formula is C9H10F3N3O2S. The minimum atomic E-state index is -4.56. The molecule has 1 fully saturated rings. The number of hydrogen-bond donors (Lipinski definition) is 1. The van der Waals surface area contributed by atoms with Gasteiger partial charge >= 0.3 is 12.1 Å². The van der Waals surface area contributed by atoms with E-state index in [1.807, 2.05) is 0 Å². The molecule has 1 aromatic rings. The molecule has 1 aliphatic heterocycles. The van der Waals surface area contributed by atoms with Crippen LogP contribution < -0.4 is 4.90 Å². The predicted molar refractivity (Wildman–Crippen MR) is 57.4 cm³/mol. The van der Waals surface area contributed by atoms with E-state index in [1.54, 1.807) is 6.92 Å². The maximum absolute atomic E-state index is 12.3. The molecule has 2 rings (SSSR count). The molecule has 0 aliphatic carbocycles. The van der Waals surface area contributed by atoms with E-state index in [4.69, 9.17) is 5.11 Å². The van der Waals surface area contributed by atoms with Gasteiger partial charge in [0.05, 0.1) is 5.92 Å². The van der Waals surface area contributed by atoms with Crippen LogP contribution in [0.1, 0.15) is 12.7 Å². The van der Waals surface area contributed by atoms with E-state index >= 15 is 0 Å². The number of halogens is 3. The first kappa shape index (κ1) is 13.1. The van der Waals surface area contributed by atoms with Crippen LogP contribution >= 0.6 is 11.5 Å². The second kappa shape index (κ2) is 4.38. The van der Waals surface area contributed by atoms with Crippen molar-refractivity contribution in [2.45, 2.75) is 13.1 Å². The van der Waals surface area contributed by atoms with Gasteiger partial charge in [0.15, 0.2) is 0 Å². The lowest BCUT2D eigenvalue weighted by Gasteiger charge is -2.12. The second-order valence-electron chi connectivity index (χ2n) is 4.23. The average molecular weight is 281 g/mol. The highest BCUT2D eigenvalue weighted by Gasteiger charge is 2.39. The van der Waals surface area contributed by atoms with Gasteiger partial charge in [-0.15, -0.1) is 0 Å². The fourth-order valence-corrected chi connectivity index (χ4v) is 2.61. The highest BCUT2D eigenvalue weighted by molar-refractivity contribution is 7.09. The van der Waals surface area contributed by atoms with Crippen molar-refractivity contribution in [2.24, 2.45) is 11.8 Å². The standard InChI is InChI=1S/C9H10F3N3O2S/c1-4-2-15(3-5(4)6(16)17)8-13-7(14-18-8)9(10,11)12/h4-5H,2-3H2,1H3,(H,16,17)/t4-,5-/m1/s1. The topological polar surface area (TPSA) is 66.3 Å². The number of aromatic nitrogens is 2. The quantitative estimate of drug-likeness (QED) is 0.894. The lowest BCUT2D eigenvalue weighted by Crippen LogP contribution is -2.23. The normalized spacial score (nSPS) is 24.6. The third-order valence-electron chi connectivity index (χ3n) is 2.87. The Hall–Kier alpha value is -1.38. The largest absolute Gasteiger partial charge is 0.481 e. The summed E-state index contributed by atoms with van der Waals surface area (Å²) >= 11 is 0.641. The summed E-state index contributed by atoms with van der Waals surface area (Å²) in [6.07, 6.45) is -4.56. The molecule has 1 aliphatic rings. The fraction of sp³-hybridized carbons (Fsp3) is 0.667. The van der Waals surface area contributed by atoms with Crippen LogP contribution in [0.15, 0.2) is 0 Å². The Bertz CT molecular complexity index is 462. The van der Waals surface area contributed by atoms with Crippen molar-refractivity contribution in [1.82, 2.24) is 9.36 Å². The molecule has 0 bridgehead atoms. The summed E-state index contributed by atoms with van der Waals surface area (Å²) in [6.45, 7) is 2.30. The Morgan fingerprint density at radius 3 is 2.61 bits per heavy atom. The van der Waals surface area contributed by atoms with Crippen LogP contribution in [0.25, 0.3) is 0 Å². The lowest BCUT2D eigenvalue weighted by atomic mass is 9.99. The summed E-state index contributed by atoms with van der Waals surface area (Å²) in [6, 6.07) is 0. The molecule has 100 valence electrons. The molecule has 0 saturated carbocycles. The fourth-order valence-electron chi connectivity index (χ4n) is 1.90. The summed E-state index contributed by atoms with van der Waals surface area (Å²) in [7, 11) is 0. The van der Waals surface area contributed by atoms with Crippen molar-refractivity contribution in [3.05, 3.63) is 5.82 Å². The molecule has 18 heavy (non-hydrogen) atoms. The number of alkyl halides is 3. The number of carbonyl (C=O) groups is 1. The van der Waals surface area contributed by atoms with Gasteiger partial charge in [-0.1, -0.05) is 6.92 Å². The van der Waals surface area contributed by atoms with E-state index in [2.05, 4.69) is 9.36 Å². The van der Waals surface area contributed by atoms with Crippen LogP contribution in [0.2, 0.25) is 0 Å². The minimum absolute atomic E-state index is 0.123. The monoisotopic (exact) mass is 281 g/mol. The van der Waals surface area contributed by atoms with Crippen molar-refractivity contribution >= 4 is 22.6 Å². The van der Waals surface area contributed by atoms with Gasteiger partial charge in [0.2, 0.25) is 11.0 Å². The van der Waals surface area contributed by atoms with E-state index in [-0.39, 0.29) is 17.6 Å². The van der Waals surface area contributed by atoms with Crippen LogP contribution in [-0.2, 0) is 11.0 Å². The molecule has 0 unspecified atom stereocenters. The van der Waals surface area contributed by atoms with Gasteiger partial charge in [-0.2, -0.15) is 22.5 Å². The van der Waals surface area contributed by atoms with Crippen molar-refractivity contribution in [3.63, 3.8) is 0 Å². The number of aliphatic carboxylic acids is 1. The van der Waals surface area contributed by atoms with Gasteiger partial charge < -0.3 is 10.0 Å². The van der Waals surface area contributed by atoms with Gasteiger partial charge in [0.25, 0.3) is 0 Å². The zero-order valence-corrected chi connectivity index (χ0v) is 10.1. The zero-order chi connectivity index (χ0) is 13.5. The molecule has 0 amide bonds. The minimum Gasteiger partial charge on any atom is -0.481 e. The number of rotatable bonds is 2. The summed E-state index contributed by atoms with van der Waals surface area (Å²) in [5.74, 6) is -2.82. The first-order chi connectivity index (χ1) is 8.29. The van der Waals surface area contributed by atoms with Crippen molar-refractivity contribution in [3.8, 4) is 0 Å². The molecule has 2 atom stereocenters. The number of carboxylic acids is 1. The Morgan fingerprint density at radius 1 is 1.50 bits per heavy atom. The molecule has 1 aromatic heterocycles. The molecule has 9 heteroatoms. The number of carboxylic acid groups (broad SMARTS) is 1. The van der Waals surface area contributed by atoms with Crippen LogP contribution in [0.5, 0.6) is 0 Å². The highest BCUT2D eigenvalue weighted by Crippen LogP contribution is 2.33. The maximum atomic E-state index is 12.3. The second-order valence-corrected chi connectivity index (χ2v) is 4.96. The van der Waals surface area contributed by atoms with Crippen molar-refractivity contribution < 1.29 is 23.1 Å². The SMILES string of the molecule is C[C@@H]1CN(c2nc(C(F)(F)F)ns2)C[C@H]1C(=O)O. The van der Waals surface area contributed by atoms with Gasteiger partial charge in [-0.25, -0.2) is 0 Å². The first-order valence-electron chi connectivity index (χ1n) is 5.17. The number of nitrogens with zero attached hydrogens (tertiary/aromatic N) is 3. The smallest absolute Gasteiger partial charge is 0.452 e. The molecular weight excluding hydrogens is 271 g/mol. The van der Waals surface area contributed by atoms with Crippen LogP contribution in [0, 0.1) is 11.8 Å². The highest BCUT2D eigenvalue weighted by atomic mass is 32.1. The summed E-state index contributed by atoms with van der Waals surface area (Å²) in [5, 5.41) is 9.07. The number of anilines is 1. The molecule has 1 N–H and O–H groups in total. The van der Waals surface area contributed by atoms with E-state index in [0.717, 1.165) is 0 Å². The summed E-state index contributed by atoms with van der Waals surface area (Å²) in [4.78, 5) is 15.9. The van der Waals surface area contributed by atoms with Crippen molar-refractivity contribution in [2.75, 3.05) is 18.0 Å². The Kier molecular flexibility index (Phi) is 3.18. The van der Waals surface area contributed by atoms with E-state index < -0.39 is 23.9 Å². The molecule has 0 spiro atoms. The molecule has 2 heterocycles. The van der Waals surface area contributed by atoms with Gasteiger partial charge in [0.1, 0.15) is 0 Å². The Morgan fingerprint density at radius 2 is 2.17 bits per heavy atom. The third kappa shape index (κ3) is 2.40. The maximum Gasteiger partial charge on any atom is 0.452 e.